The molecular formula is C41H41NO7. The highest BCUT2D eigenvalue weighted by Crippen LogP contribution is 2.44. The summed E-state index contributed by atoms with van der Waals surface area (Å²) in [6, 6.07) is 28.8. The van der Waals surface area contributed by atoms with E-state index in [2.05, 4.69) is 30.2 Å². The summed E-state index contributed by atoms with van der Waals surface area (Å²) in [6.45, 7) is 0.725. The molecule has 1 amide bonds. The Morgan fingerprint density at radius 3 is 2.33 bits per heavy atom. The fourth-order valence-corrected chi connectivity index (χ4v) is 6.85. The summed E-state index contributed by atoms with van der Waals surface area (Å²) >= 11 is 0. The number of likely N-dealkylation sites (tertiary alicyclic amines) is 1. The summed E-state index contributed by atoms with van der Waals surface area (Å²) in [6.07, 6.45) is 7.45. The number of esters is 1. The molecule has 1 heterocycles. The van der Waals surface area contributed by atoms with Gasteiger partial charge in [-0.25, -0.2) is 9.59 Å². The van der Waals surface area contributed by atoms with Crippen molar-refractivity contribution in [1.82, 2.24) is 4.90 Å². The van der Waals surface area contributed by atoms with E-state index < -0.39 is 24.2 Å². The SMILES string of the molecule is C#CCOc1cccc(C(CCc2ccc(OC)c(OC)c2)OC(=O)[C@@H]2CCCCN2C(=O)OCC2c3ccccc3-c3ccccc32)c1. The predicted octanol–water partition coefficient (Wildman–Crippen LogP) is 7.74. The van der Waals surface area contributed by atoms with Crippen molar-refractivity contribution in [3.8, 4) is 40.7 Å². The number of ether oxygens (including phenoxy) is 5. The standard InChI is InChI=1S/C41H41NO7/c1-4-24-47-30-13-11-12-29(26-30)37(21-19-28-20-22-38(45-2)39(25-28)46-3)49-40(43)36-18-9-10-23-42(36)41(44)48-27-35-33-16-7-5-14-31(33)32-15-6-8-17-34(32)35/h1,5-8,11-17,20,22,25-26,35-37H,9-10,18-19,21,23-24,27H2,2-3H3/t36-,37?/m0/s1. The van der Waals surface area contributed by atoms with Crippen molar-refractivity contribution in [3.63, 3.8) is 0 Å². The number of methoxy groups -OCH3 is 2. The summed E-state index contributed by atoms with van der Waals surface area (Å²) in [5.74, 6) is 3.80. The lowest BCUT2D eigenvalue weighted by molar-refractivity contribution is -0.157. The van der Waals surface area contributed by atoms with E-state index in [0.717, 1.165) is 46.2 Å². The topological polar surface area (TPSA) is 83.5 Å². The summed E-state index contributed by atoms with van der Waals surface area (Å²) < 4.78 is 28.8. The van der Waals surface area contributed by atoms with Crippen LogP contribution in [-0.2, 0) is 20.7 Å². The number of rotatable bonds is 12. The molecule has 0 spiro atoms. The maximum absolute atomic E-state index is 14.0. The Labute approximate surface area is 287 Å². The molecule has 2 aliphatic rings. The molecule has 0 bridgehead atoms. The minimum Gasteiger partial charge on any atom is -0.493 e. The summed E-state index contributed by atoms with van der Waals surface area (Å²) in [4.78, 5) is 29.2. The molecule has 0 saturated carbocycles. The van der Waals surface area contributed by atoms with Gasteiger partial charge in [-0.3, -0.25) is 4.90 Å². The number of terminal acetylenes is 1. The van der Waals surface area contributed by atoms with Crippen molar-refractivity contribution in [1.29, 1.82) is 0 Å². The highest BCUT2D eigenvalue weighted by Gasteiger charge is 2.37. The van der Waals surface area contributed by atoms with Crippen molar-refractivity contribution in [2.45, 2.75) is 50.2 Å². The van der Waals surface area contributed by atoms with Gasteiger partial charge in [0.15, 0.2) is 11.5 Å². The van der Waals surface area contributed by atoms with Gasteiger partial charge < -0.3 is 23.7 Å². The second kappa shape index (κ2) is 15.7. The second-order valence-corrected chi connectivity index (χ2v) is 12.2. The Morgan fingerprint density at radius 1 is 0.878 bits per heavy atom. The molecule has 0 radical (unpaired) electrons. The molecule has 8 nitrogen and oxygen atoms in total. The fraction of sp³-hybridized carbons (Fsp3) is 0.317. The zero-order chi connectivity index (χ0) is 34.2. The number of piperidine rings is 1. The minimum atomic E-state index is -0.756. The lowest BCUT2D eigenvalue weighted by Gasteiger charge is -2.34. The summed E-state index contributed by atoms with van der Waals surface area (Å²) in [5, 5.41) is 0. The lowest BCUT2D eigenvalue weighted by atomic mass is 9.98. The molecule has 6 rings (SSSR count). The Bertz CT molecular complexity index is 1780. The molecular weight excluding hydrogens is 618 g/mol. The molecule has 1 fully saturated rings. The van der Waals surface area contributed by atoms with Gasteiger partial charge in [0.05, 0.1) is 14.2 Å². The van der Waals surface area contributed by atoms with Crippen LogP contribution in [0.15, 0.2) is 91.0 Å². The van der Waals surface area contributed by atoms with Crippen molar-refractivity contribution in [2.24, 2.45) is 0 Å². The summed E-state index contributed by atoms with van der Waals surface area (Å²) in [5.41, 5.74) is 6.36. The number of hydrogen-bond acceptors (Lipinski definition) is 7. The van der Waals surface area contributed by atoms with Gasteiger partial charge in [0.1, 0.15) is 31.1 Å². The number of fused-ring (bicyclic) bond motifs is 3. The van der Waals surface area contributed by atoms with Crippen molar-refractivity contribution >= 4 is 12.1 Å². The van der Waals surface area contributed by atoms with Crippen LogP contribution in [0.4, 0.5) is 4.79 Å². The molecule has 1 aliphatic carbocycles. The quantitative estimate of drug-likeness (QED) is 0.114. The highest BCUT2D eigenvalue weighted by atomic mass is 16.6. The lowest BCUT2D eigenvalue weighted by Crippen LogP contribution is -2.49. The second-order valence-electron chi connectivity index (χ2n) is 12.2. The van der Waals surface area contributed by atoms with Gasteiger partial charge in [0, 0.05) is 12.5 Å². The molecule has 0 aromatic heterocycles. The molecule has 49 heavy (non-hydrogen) atoms. The molecule has 0 N–H and O–H groups in total. The average molecular weight is 660 g/mol. The first kappa shape index (κ1) is 33.5. The number of benzene rings is 4. The van der Waals surface area contributed by atoms with E-state index in [-0.39, 0.29) is 19.1 Å². The first-order valence-electron chi connectivity index (χ1n) is 16.7. The zero-order valence-corrected chi connectivity index (χ0v) is 27.9. The van der Waals surface area contributed by atoms with Gasteiger partial charge in [-0.1, -0.05) is 72.7 Å². The average Bonchev–Trinajstić information content (AvgIpc) is 3.47. The third-order valence-corrected chi connectivity index (χ3v) is 9.30. The van der Waals surface area contributed by atoms with E-state index in [1.54, 1.807) is 14.2 Å². The Morgan fingerprint density at radius 2 is 1.61 bits per heavy atom. The van der Waals surface area contributed by atoms with Crippen LogP contribution in [0, 0.1) is 12.3 Å². The number of amides is 1. The van der Waals surface area contributed by atoms with Crippen LogP contribution in [0.3, 0.4) is 0 Å². The Balaban J connectivity index is 1.18. The van der Waals surface area contributed by atoms with Crippen molar-refractivity contribution < 1.29 is 33.3 Å². The third kappa shape index (κ3) is 7.52. The van der Waals surface area contributed by atoms with Gasteiger partial charge in [0.25, 0.3) is 0 Å². The van der Waals surface area contributed by atoms with Crippen LogP contribution < -0.4 is 14.2 Å². The molecule has 4 aromatic rings. The zero-order valence-electron chi connectivity index (χ0n) is 27.9. The Kier molecular flexibility index (Phi) is 10.7. The van der Waals surface area contributed by atoms with Gasteiger partial charge in [-0.15, -0.1) is 6.42 Å². The van der Waals surface area contributed by atoms with E-state index in [1.807, 2.05) is 66.7 Å². The van der Waals surface area contributed by atoms with E-state index >= 15 is 0 Å². The monoisotopic (exact) mass is 659 g/mol. The van der Waals surface area contributed by atoms with Crippen LogP contribution in [0.5, 0.6) is 17.2 Å². The number of nitrogens with zero attached hydrogens (tertiary/aromatic N) is 1. The third-order valence-electron chi connectivity index (χ3n) is 9.30. The van der Waals surface area contributed by atoms with E-state index in [4.69, 9.17) is 30.1 Å². The van der Waals surface area contributed by atoms with Crippen molar-refractivity contribution in [3.05, 3.63) is 113 Å². The van der Waals surface area contributed by atoms with Crippen LogP contribution in [0.25, 0.3) is 11.1 Å². The molecule has 1 saturated heterocycles. The maximum Gasteiger partial charge on any atom is 0.410 e. The molecule has 1 unspecified atom stereocenters. The van der Waals surface area contributed by atoms with Crippen LogP contribution in [0.2, 0.25) is 0 Å². The Hall–Kier alpha value is -5.42. The normalized spacial score (nSPS) is 15.7. The molecule has 2 atom stereocenters. The first-order chi connectivity index (χ1) is 24.0. The maximum atomic E-state index is 14.0. The molecule has 8 heteroatoms. The van der Waals surface area contributed by atoms with Crippen LogP contribution >= 0.6 is 0 Å². The highest BCUT2D eigenvalue weighted by molar-refractivity contribution is 5.82. The molecule has 4 aromatic carbocycles. The van der Waals surface area contributed by atoms with E-state index in [1.165, 1.54) is 4.90 Å². The van der Waals surface area contributed by atoms with E-state index in [0.29, 0.717) is 43.1 Å². The largest absolute Gasteiger partial charge is 0.493 e. The molecule has 252 valence electrons. The van der Waals surface area contributed by atoms with Gasteiger partial charge >= 0.3 is 12.1 Å². The van der Waals surface area contributed by atoms with Crippen LogP contribution in [0.1, 0.15) is 60.0 Å². The number of aryl methyl sites for hydroxylation is 1. The van der Waals surface area contributed by atoms with Gasteiger partial charge in [-0.2, -0.15) is 0 Å². The number of hydrogen-bond donors (Lipinski definition) is 0. The first-order valence-corrected chi connectivity index (χ1v) is 16.7. The van der Waals surface area contributed by atoms with Crippen molar-refractivity contribution in [2.75, 3.05) is 34.0 Å². The fourth-order valence-electron chi connectivity index (χ4n) is 6.85. The minimum absolute atomic E-state index is 0.0727. The predicted molar refractivity (Wildman–Crippen MR) is 187 cm³/mol. The molecule has 1 aliphatic heterocycles. The smallest absolute Gasteiger partial charge is 0.410 e. The number of carbonyl (C=O) groups excluding carboxylic acids is 2. The number of carbonyl (C=O) groups is 2. The van der Waals surface area contributed by atoms with Gasteiger partial charge in [0.2, 0.25) is 0 Å². The van der Waals surface area contributed by atoms with Gasteiger partial charge in [-0.05, 0) is 89.8 Å². The van der Waals surface area contributed by atoms with E-state index in [9.17, 15) is 9.59 Å². The summed E-state index contributed by atoms with van der Waals surface area (Å²) in [7, 11) is 3.19. The van der Waals surface area contributed by atoms with Crippen LogP contribution in [-0.4, -0.2) is 57.0 Å².